The Labute approximate surface area is 133 Å². The van der Waals surface area contributed by atoms with Crippen molar-refractivity contribution in [1.29, 1.82) is 0 Å². The van der Waals surface area contributed by atoms with Crippen molar-refractivity contribution < 1.29 is 9.18 Å². The van der Waals surface area contributed by atoms with Gasteiger partial charge in [-0.25, -0.2) is 4.39 Å². The maximum Gasteiger partial charge on any atom is 0.247 e. The van der Waals surface area contributed by atoms with Gasteiger partial charge in [0, 0.05) is 23.9 Å². The number of halogens is 1. The molecule has 0 bridgehead atoms. The minimum atomic E-state index is -0.318. The van der Waals surface area contributed by atoms with Crippen molar-refractivity contribution >= 4 is 23.7 Å². The Morgan fingerprint density at radius 1 is 1.14 bits per heavy atom. The second kappa shape index (κ2) is 6.79. The van der Waals surface area contributed by atoms with E-state index in [-0.39, 0.29) is 17.1 Å². The number of rotatable bonds is 3. The molecule has 2 aromatic rings. The molecule has 1 fully saturated rings. The summed E-state index contributed by atoms with van der Waals surface area (Å²) in [5.74, 6) is 0.516. The summed E-state index contributed by atoms with van der Waals surface area (Å²) < 4.78 is 13.6. The van der Waals surface area contributed by atoms with Crippen LogP contribution >= 0.6 is 11.8 Å². The molecule has 0 aromatic heterocycles. The molecule has 112 valence electrons. The minimum absolute atomic E-state index is 0.0407. The molecule has 1 atom stereocenters. The van der Waals surface area contributed by atoms with E-state index in [2.05, 4.69) is 0 Å². The van der Waals surface area contributed by atoms with Crippen LogP contribution in [0.5, 0.6) is 0 Å². The molecule has 0 spiro atoms. The van der Waals surface area contributed by atoms with E-state index in [4.69, 9.17) is 0 Å². The Morgan fingerprint density at radius 3 is 2.64 bits per heavy atom. The predicted octanol–water partition coefficient (Wildman–Crippen LogP) is 4.11. The van der Waals surface area contributed by atoms with Gasteiger partial charge in [-0.2, -0.15) is 0 Å². The van der Waals surface area contributed by atoms with E-state index in [0.29, 0.717) is 12.1 Å². The van der Waals surface area contributed by atoms with E-state index in [1.165, 1.54) is 12.1 Å². The first-order valence-electron chi connectivity index (χ1n) is 7.15. The Bertz CT molecular complexity index is 686. The zero-order valence-electron chi connectivity index (χ0n) is 12.0. The third kappa shape index (κ3) is 3.22. The van der Waals surface area contributed by atoms with Crippen LogP contribution in [0.1, 0.15) is 16.5 Å². The van der Waals surface area contributed by atoms with E-state index in [9.17, 15) is 9.18 Å². The van der Waals surface area contributed by atoms with Crippen molar-refractivity contribution in [2.24, 2.45) is 0 Å². The van der Waals surface area contributed by atoms with Gasteiger partial charge in [0.25, 0.3) is 0 Å². The summed E-state index contributed by atoms with van der Waals surface area (Å²) in [6.07, 6.45) is 3.00. The lowest BCUT2D eigenvalue weighted by Crippen LogP contribution is -2.28. The molecule has 0 radical (unpaired) electrons. The van der Waals surface area contributed by atoms with E-state index >= 15 is 0 Å². The zero-order valence-corrected chi connectivity index (χ0v) is 12.8. The Balaban J connectivity index is 1.76. The first-order valence-corrected chi connectivity index (χ1v) is 8.20. The van der Waals surface area contributed by atoms with Crippen LogP contribution in [0, 0.1) is 5.82 Å². The molecule has 1 saturated heterocycles. The molecular weight excluding hydrogens is 297 g/mol. The number of carbonyl (C=O) groups is 1. The second-order valence-corrected chi connectivity index (χ2v) is 6.21. The maximum absolute atomic E-state index is 13.6. The molecule has 1 unspecified atom stereocenters. The Morgan fingerprint density at radius 2 is 1.86 bits per heavy atom. The molecule has 1 aliphatic rings. The third-order valence-electron chi connectivity index (χ3n) is 3.57. The topological polar surface area (TPSA) is 20.3 Å². The average molecular weight is 313 g/mol. The van der Waals surface area contributed by atoms with Crippen LogP contribution in [0.4, 0.5) is 4.39 Å². The Kier molecular flexibility index (Phi) is 4.59. The van der Waals surface area contributed by atoms with Crippen molar-refractivity contribution in [3.63, 3.8) is 0 Å². The molecule has 1 amide bonds. The van der Waals surface area contributed by atoms with Crippen molar-refractivity contribution in [1.82, 2.24) is 4.90 Å². The number of benzene rings is 2. The van der Waals surface area contributed by atoms with Gasteiger partial charge < -0.3 is 4.90 Å². The summed E-state index contributed by atoms with van der Waals surface area (Å²) >= 11 is 1.75. The lowest BCUT2D eigenvalue weighted by molar-refractivity contribution is -0.126. The van der Waals surface area contributed by atoms with Gasteiger partial charge in [-0.15, -0.1) is 11.8 Å². The minimum Gasteiger partial charge on any atom is -0.322 e. The van der Waals surface area contributed by atoms with Crippen LogP contribution in [0.3, 0.4) is 0 Å². The average Bonchev–Trinajstić information content (AvgIpc) is 3.04. The molecule has 0 aliphatic carbocycles. The number of amides is 1. The standard InChI is InChI=1S/C18H16FNOS/c19-16-9-5-4-6-14(16)10-11-17(21)20-12-13-22-18(20)15-7-2-1-3-8-15/h1-11,18H,12-13H2/b11-10+. The smallest absolute Gasteiger partial charge is 0.247 e. The first kappa shape index (κ1) is 14.9. The molecule has 0 saturated carbocycles. The van der Waals surface area contributed by atoms with Gasteiger partial charge >= 0.3 is 0 Å². The lowest BCUT2D eigenvalue weighted by atomic mass is 10.2. The first-order chi connectivity index (χ1) is 10.8. The SMILES string of the molecule is O=C(/C=C/c1ccccc1F)N1CCSC1c1ccccc1. The van der Waals surface area contributed by atoms with Crippen molar-refractivity contribution in [3.8, 4) is 0 Å². The van der Waals surface area contributed by atoms with E-state index in [1.54, 1.807) is 36.0 Å². The van der Waals surface area contributed by atoms with Gasteiger partial charge in [0.15, 0.2) is 0 Å². The maximum atomic E-state index is 13.6. The number of nitrogens with zero attached hydrogens (tertiary/aromatic N) is 1. The molecule has 3 rings (SSSR count). The Hall–Kier alpha value is -2.07. The number of hydrogen-bond acceptors (Lipinski definition) is 2. The summed E-state index contributed by atoms with van der Waals surface area (Å²) in [7, 11) is 0. The molecular formula is C18H16FNOS. The number of hydrogen-bond donors (Lipinski definition) is 0. The molecule has 0 N–H and O–H groups in total. The van der Waals surface area contributed by atoms with Gasteiger partial charge in [0.1, 0.15) is 11.2 Å². The summed E-state index contributed by atoms with van der Waals surface area (Å²) in [6, 6.07) is 16.4. The zero-order chi connectivity index (χ0) is 15.4. The molecule has 2 nitrogen and oxygen atoms in total. The van der Waals surface area contributed by atoms with Crippen LogP contribution < -0.4 is 0 Å². The molecule has 4 heteroatoms. The number of carbonyl (C=O) groups excluding carboxylic acids is 1. The molecule has 1 heterocycles. The van der Waals surface area contributed by atoms with Crippen LogP contribution in [0.2, 0.25) is 0 Å². The van der Waals surface area contributed by atoms with Gasteiger partial charge in [-0.05, 0) is 17.7 Å². The van der Waals surface area contributed by atoms with E-state index in [1.807, 2.05) is 35.2 Å². The van der Waals surface area contributed by atoms with Gasteiger partial charge in [0.05, 0.1) is 0 Å². The van der Waals surface area contributed by atoms with Gasteiger partial charge in [0.2, 0.25) is 5.91 Å². The van der Waals surface area contributed by atoms with Crippen LogP contribution in [-0.2, 0) is 4.79 Å². The van der Waals surface area contributed by atoms with E-state index in [0.717, 1.165) is 11.3 Å². The summed E-state index contributed by atoms with van der Waals surface area (Å²) in [5, 5.41) is 0.0407. The van der Waals surface area contributed by atoms with Crippen LogP contribution in [-0.4, -0.2) is 23.1 Å². The summed E-state index contributed by atoms with van der Waals surface area (Å²) in [5.41, 5.74) is 1.55. The van der Waals surface area contributed by atoms with Gasteiger partial charge in [-0.1, -0.05) is 48.5 Å². The number of thioether (sulfide) groups is 1. The van der Waals surface area contributed by atoms with Crippen molar-refractivity contribution in [2.45, 2.75) is 5.37 Å². The van der Waals surface area contributed by atoms with Crippen molar-refractivity contribution in [2.75, 3.05) is 12.3 Å². The molecule has 22 heavy (non-hydrogen) atoms. The highest BCUT2D eigenvalue weighted by Gasteiger charge is 2.29. The third-order valence-corrected chi connectivity index (χ3v) is 4.83. The fraction of sp³-hybridized carbons (Fsp3) is 0.167. The normalized spacial score (nSPS) is 18.0. The lowest BCUT2D eigenvalue weighted by Gasteiger charge is -2.22. The van der Waals surface area contributed by atoms with E-state index < -0.39 is 0 Å². The summed E-state index contributed by atoms with van der Waals surface area (Å²) in [4.78, 5) is 14.2. The highest BCUT2D eigenvalue weighted by molar-refractivity contribution is 7.99. The fourth-order valence-electron chi connectivity index (χ4n) is 2.46. The fourth-order valence-corrected chi connectivity index (χ4v) is 3.72. The molecule has 1 aliphatic heterocycles. The highest BCUT2D eigenvalue weighted by atomic mass is 32.2. The van der Waals surface area contributed by atoms with Crippen LogP contribution in [0.15, 0.2) is 60.7 Å². The van der Waals surface area contributed by atoms with Crippen LogP contribution in [0.25, 0.3) is 6.08 Å². The van der Waals surface area contributed by atoms with Gasteiger partial charge in [-0.3, -0.25) is 4.79 Å². The largest absolute Gasteiger partial charge is 0.322 e. The molecule has 2 aromatic carbocycles. The highest BCUT2D eigenvalue weighted by Crippen LogP contribution is 2.37. The quantitative estimate of drug-likeness (QED) is 0.795. The summed E-state index contributed by atoms with van der Waals surface area (Å²) in [6.45, 7) is 0.713. The van der Waals surface area contributed by atoms with Crippen molar-refractivity contribution in [3.05, 3.63) is 77.6 Å². The second-order valence-electron chi connectivity index (χ2n) is 5.02. The monoisotopic (exact) mass is 313 g/mol. The predicted molar refractivity (Wildman–Crippen MR) is 88.8 cm³/mol.